The molecular formula is C16H19Br. The van der Waals surface area contributed by atoms with Crippen LogP contribution in [0.3, 0.4) is 0 Å². The molecule has 0 aromatic heterocycles. The van der Waals surface area contributed by atoms with Crippen molar-refractivity contribution in [2.45, 2.75) is 39.5 Å². The number of hydrogen-bond donors (Lipinski definition) is 0. The summed E-state index contributed by atoms with van der Waals surface area (Å²) in [6.45, 7) is 7.17. The van der Waals surface area contributed by atoms with Crippen LogP contribution < -0.4 is 0 Å². The second-order valence-electron chi connectivity index (χ2n) is 6.13. The molecule has 4 rings (SSSR count). The van der Waals surface area contributed by atoms with Crippen LogP contribution >= 0.6 is 15.9 Å². The lowest BCUT2D eigenvalue weighted by atomic mass is 9.50. The monoisotopic (exact) mass is 290 g/mol. The molecule has 1 heteroatoms. The molecule has 1 saturated carbocycles. The third-order valence-corrected chi connectivity index (χ3v) is 5.51. The van der Waals surface area contributed by atoms with Crippen LogP contribution in [0, 0.1) is 11.3 Å². The lowest BCUT2D eigenvalue weighted by Crippen LogP contribution is -2.43. The smallest absolute Gasteiger partial charge is 0.0178 e. The zero-order valence-electron chi connectivity index (χ0n) is 10.8. The first-order valence-corrected chi connectivity index (χ1v) is 7.25. The summed E-state index contributed by atoms with van der Waals surface area (Å²) in [5.74, 6) is 1.56. The van der Waals surface area contributed by atoms with Gasteiger partial charge in [0.15, 0.2) is 0 Å². The first kappa shape index (κ1) is 11.5. The Hall–Kier alpha value is -0.560. The first-order chi connectivity index (χ1) is 8.00. The van der Waals surface area contributed by atoms with Gasteiger partial charge >= 0.3 is 0 Å². The Balaban J connectivity index is 2.01. The van der Waals surface area contributed by atoms with Gasteiger partial charge in [-0.3, -0.25) is 0 Å². The van der Waals surface area contributed by atoms with Crippen molar-refractivity contribution in [3.63, 3.8) is 0 Å². The summed E-state index contributed by atoms with van der Waals surface area (Å²) in [6, 6.07) is 8.83. The number of rotatable bonds is 1. The van der Waals surface area contributed by atoms with Crippen molar-refractivity contribution in [1.82, 2.24) is 0 Å². The Morgan fingerprint density at radius 3 is 2.65 bits per heavy atom. The van der Waals surface area contributed by atoms with Crippen molar-refractivity contribution in [3.8, 4) is 0 Å². The molecule has 3 aliphatic carbocycles. The summed E-state index contributed by atoms with van der Waals surface area (Å²) in [5.41, 5.74) is 5.32. The normalized spacial score (nSPS) is 30.1. The molecule has 3 aliphatic rings. The highest BCUT2D eigenvalue weighted by molar-refractivity contribution is 9.10. The third-order valence-electron chi connectivity index (χ3n) is 5.02. The van der Waals surface area contributed by atoms with Crippen LogP contribution in [0.25, 0.3) is 0 Å². The van der Waals surface area contributed by atoms with Crippen molar-refractivity contribution in [1.29, 1.82) is 0 Å². The highest BCUT2D eigenvalue weighted by Gasteiger charge is 2.49. The maximum Gasteiger partial charge on any atom is 0.0178 e. The molecule has 17 heavy (non-hydrogen) atoms. The Bertz CT molecular complexity index is 496. The molecule has 1 aromatic carbocycles. The van der Waals surface area contributed by atoms with Gasteiger partial charge in [0.2, 0.25) is 0 Å². The predicted octanol–water partition coefficient (Wildman–Crippen LogP) is 5.30. The van der Waals surface area contributed by atoms with E-state index in [0.29, 0.717) is 11.3 Å². The van der Waals surface area contributed by atoms with Crippen molar-refractivity contribution in [2.24, 2.45) is 11.3 Å². The summed E-state index contributed by atoms with van der Waals surface area (Å²) >= 11 is 3.58. The van der Waals surface area contributed by atoms with Crippen molar-refractivity contribution in [2.75, 3.05) is 0 Å². The quantitative estimate of drug-likeness (QED) is 0.616. The predicted molar refractivity (Wildman–Crippen MR) is 76.1 cm³/mol. The van der Waals surface area contributed by atoms with Gasteiger partial charge in [0, 0.05) is 10.4 Å². The molecule has 2 atom stereocenters. The Kier molecular flexibility index (Phi) is 2.52. The number of fused-ring (bicyclic) bond motifs is 2. The van der Waals surface area contributed by atoms with Gasteiger partial charge in [0.1, 0.15) is 0 Å². The largest absolute Gasteiger partial charge is 0.0660 e. The van der Waals surface area contributed by atoms with Gasteiger partial charge in [-0.1, -0.05) is 53.1 Å². The lowest BCUT2D eigenvalue weighted by Gasteiger charge is -2.55. The molecule has 0 heterocycles. The van der Waals surface area contributed by atoms with Gasteiger partial charge < -0.3 is 0 Å². The Labute approximate surface area is 112 Å². The first-order valence-electron chi connectivity index (χ1n) is 6.45. The summed E-state index contributed by atoms with van der Waals surface area (Å²) < 4.78 is 1.20. The zero-order chi connectivity index (χ0) is 12.2. The summed E-state index contributed by atoms with van der Waals surface area (Å²) in [7, 11) is 0. The summed E-state index contributed by atoms with van der Waals surface area (Å²) in [4.78, 5) is 0. The maximum atomic E-state index is 3.58. The van der Waals surface area contributed by atoms with Crippen molar-refractivity contribution in [3.05, 3.63) is 45.4 Å². The van der Waals surface area contributed by atoms with Crippen LogP contribution in [0.1, 0.15) is 45.1 Å². The summed E-state index contributed by atoms with van der Waals surface area (Å²) in [6.07, 6.45) is 2.68. The molecule has 0 spiro atoms. The van der Waals surface area contributed by atoms with Gasteiger partial charge in [-0.25, -0.2) is 0 Å². The highest BCUT2D eigenvalue weighted by Crippen LogP contribution is 2.61. The maximum absolute atomic E-state index is 3.58. The van der Waals surface area contributed by atoms with E-state index in [4.69, 9.17) is 0 Å². The molecule has 1 fully saturated rings. The molecule has 2 bridgehead atoms. The minimum Gasteiger partial charge on any atom is -0.0660 e. The molecule has 0 saturated heterocycles. The fraction of sp³-hybridized carbons (Fsp3) is 0.500. The van der Waals surface area contributed by atoms with Gasteiger partial charge in [0.25, 0.3) is 0 Å². The second kappa shape index (κ2) is 3.71. The molecule has 2 unspecified atom stereocenters. The van der Waals surface area contributed by atoms with Crippen LogP contribution in [0.5, 0.6) is 0 Å². The van der Waals surface area contributed by atoms with Crippen molar-refractivity contribution >= 4 is 15.9 Å². The third kappa shape index (κ3) is 1.62. The topological polar surface area (TPSA) is 0 Å². The number of halogens is 1. The van der Waals surface area contributed by atoms with E-state index in [1.54, 1.807) is 11.1 Å². The van der Waals surface area contributed by atoms with Crippen LogP contribution in [0.15, 0.2) is 39.9 Å². The van der Waals surface area contributed by atoms with Crippen LogP contribution in [0.4, 0.5) is 0 Å². The van der Waals surface area contributed by atoms with E-state index in [1.807, 2.05) is 0 Å². The van der Waals surface area contributed by atoms with E-state index >= 15 is 0 Å². The van der Waals surface area contributed by atoms with E-state index in [-0.39, 0.29) is 0 Å². The van der Waals surface area contributed by atoms with E-state index in [2.05, 4.69) is 61.0 Å². The average Bonchev–Trinajstić information content (AvgIpc) is 2.28. The molecule has 0 nitrogen and oxygen atoms in total. The highest BCUT2D eigenvalue weighted by atomic mass is 79.9. The van der Waals surface area contributed by atoms with Gasteiger partial charge in [-0.15, -0.1) is 0 Å². The molecule has 1 aromatic rings. The molecule has 0 amide bonds. The van der Waals surface area contributed by atoms with Crippen LogP contribution in [-0.4, -0.2) is 0 Å². The fourth-order valence-electron chi connectivity index (χ4n) is 3.71. The fourth-order valence-corrected chi connectivity index (χ4v) is 4.13. The molecular weight excluding hydrogens is 272 g/mol. The molecule has 0 radical (unpaired) electrons. The standard InChI is InChI=1S/C16H19Br/c1-10-14(11-5-4-6-13(17)7-11)8-12-9-15(10)16(12,2)3/h4-7,12,14H,8-9H2,1-3H3. The van der Waals surface area contributed by atoms with E-state index in [0.717, 1.165) is 5.92 Å². The summed E-state index contributed by atoms with van der Waals surface area (Å²) in [5, 5.41) is 0. The zero-order valence-corrected chi connectivity index (χ0v) is 12.3. The number of hydrogen-bond acceptors (Lipinski definition) is 0. The SMILES string of the molecule is CC1=C2CC(CC1c1cccc(Br)c1)C2(C)C. The second-order valence-corrected chi connectivity index (χ2v) is 7.04. The van der Waals surface area contributed by atoms with Gasteiger partial charge in [-0.05, 0) is 48.8 Å². The van der Waals surface area contributed by atoms with Gasteiger partial charge in [0.05, 0.1) is 0 Å². The minimum absolute atomic E-state index is 0.479. The lowest BCUT2D eigenvalue weighted by molar-refractivity contribution is 0.124. The van der Waals surface area contributed by atoms with Crippen LogP contribution in [0.2, 0.25) is 0 Å². The molecule has 0 N–H and O–H groups in total. The Morgan fingerprint density at radius 1 is 1.29 bits per heavy atom. The van der Waals surface area contributed by atoms with E-state index in [1.165, 1.54) is 22.9 Å². The van der Waals surface area contributed by atoms with E-state index < -0.39 is 0 Å². The average molecular weight is 291 g/mol. The van der Waals surface area contributed by atoms with Crippen molar-refractivity contribution < 1.29 is 0 Å². The number of benzene rings is 1. The van der Waals surface area contributed by atoms with E-state index in [9.17, 15) is 0 Å². The van der Waals surface area contributed by atoms with Gasteiger partial charge in [-0.2, -0.15) is 0 Å². The van der Waals surface area contributed by atoms with Crippen LogP contribution in [-0.2, 0) is 0 Å². The molecule has 90 valence electrons. The minimum atomic E-state index is 0.479. The Morgan fingerprint density at radius 2 is 2.06 bits per heavy atom. The number of allylic oxidation sites excluding steroid dienone is 2. The molecule has 0 aliphatic heterocycles.